The molecule has 0 aliphatic heterocycles. The first-order valence-corrected chi connectivity index (χ1v) is 6.87. The second kappa shape index (κ2) is 4.72. The molecule has 3 unspecified atom stereocenters. The summed E-state index contributed by atoms with van der Waals surface area (Å²) in [6.07, 6.45) is 10.8. The summed E-state index contributed by atoms with van der Waals surface area (Å²) in [6, 6.07) is 0. The smallest absolute Gasteiger partial charge is 0.0322 e. The van der Waals surface area contributed by atoms with Crippen LogP contribution in [0.4, 0.5) is 0 Å². The van der Waals surface area contributed by atoms with Crippen molar-refractivity contribution in [2.45, 2.75) is 52.4 Å². The van der Waals surface area contributed by atoms with E-state index in [2.05, 4.69) is 26.5 Å². The van der Waals surface area contributed by atoms with Crippen molar-refractivity contribution < 1.29 is 0 Å². The zero-order valence-corrected chi connectivity index (χ0v) is 10.4. The Balaban J connectivity index is 1.98. The molecule has 0 heterocycles. The van der Waals surface area contributed by atoms with E-state index in [1.807, 2.05) is 0 Å². The van der Waals surface area contributed by atoms with Gasteiger partial charge < -0.3 is 0 Å². The molecule has 0 saturated heterocycles. The molecule has 4 atom stereocenters. The summed E-state index contributed by atoms with van der Waals surface area (Å²) in [6.45, 7) is 8.79. The van der Waals surface area contributed by atoms with Crippen molar-refractivity contribution in [1.29, 1.82) is 0 Å². The van der Waals surface area contributed by atoms with Crippen LogP contribution >= 0.6 is 0 Å². The highest BCUT2D eigenvalue weighted by atomic mass is 14.5. The second-order valence-electron chi connectivity index (χ2n) is 5.90. The van der Waals surface area contributed by atoms with Gasteiger partial charge in [-0.15, -0.1) is 6.58 Å². The van der Waals surface area contributed by atoms with E-state index < -0.39 is 0 Å². The van der Waals surface area contributed by atoms with Crippen LogP contribution in [-0.2, 0) is 0 Å². The van der Waals surface area contributed by atoms with Gasteiger partial charge in [-0.3, -0.25) is 0 Å². The molecule has 2 aliphatic carbocycles. The van der Waals surface area contributed by atoms with Crippen molar-refractivity contribution in [1.82, 2.24) is 0 Å². The van der Waals surface area contributed by atoms with Crippen LogP contribution in [0.2, 0.25) is 0 Å². The van der Waals surface area contributed by atoms with Crippen molar-refractivity contribution in [2.24, 2.45) is 29.6 Å². The van der Waals surface area contributed by atoms with Crippen LogP contribution in [0, 0.1) is 29.6 Å². The molecule has 2 aliphatic rings. The molecule has 0 spiro atoms. The molecule has 0 aromatic heterocycles. The summed E-state index contributed by atoms with van der Waals surface area (Å²) >= 11 is 0. The van der Waals surface area contributed by atoms with Gasteiger partial charge in [-0.1, -0.05) is 26.3 Å². The lowest BCUT2D eigenvalue weighted by Crippen LogP contribution is -2.31. The summed E-state index contributed by atoms with van der Waals surface area (Å²) in [5.41, 5.74) is 0. The molecule has 0 aromatic carbocycles. The summed E-state index contributed by atoms with van der Waals surface area (Å²) in [5, 5.41) is 0. The predicted molar refractivity (Wildman–Crippen MR) is 66.7 cm³/mol. The maximum absolute atomic E-state index is 3.93. The summed E-state index contributed by atoms with van der Waals surface area (Å²) in [7, 11) is 0. The second-order valence-corrected chi connectivity index (χ2v) is 5.90. The largest absolute Gasteiger partial charge is 0.103 e. The third-order valence-electron chi connectivity index (χ3n) is 4.87. The molecule has 2 rings (SSSR count). The van der Waals surface area contributed by atoms with E-state index in [9.17, 15) is 0 Å². The Kier molecular flexibility index (Phi) is 3.53. The van der Waals surface area contributed by atoms with Crippen LogP contribution < -0.4 is 0 Å². The van der Waals surface area contributed by atoms with Gasteiger partial charge in [0.25, 0.3) is 0 Å². The first-order chi connectivity index (χ1) is 7.26. The molecule has 0 nitrogen and oxygen atoms in total. The Labute approximate surface area is 95.1 Å². The van der Waals surface area contributed by atoms with Crippen molar-refractivity contribution in [3.8, 4) is 0 Å². The minimum atomic E-state index is 0.953. The van der Waals surface area contributed by atoms with Gasteiger partial charge in [0.2, 0.25) is 0 Å². The van der Waals surface area contributed by atoms with E-state index in [4.69, 9.17) is 0 Å². The first kappa shape index (κ1) is 11.2. The quantitative estimate of drug-likeness (QED) is 0.587. The maximum atomic E-state index is 3.93. The van der Waals surface area contributed by atoms with Gasteiger partial charge in [0.05, 0.1) is 0 Å². The normalized spacial score (nSPS) is 41.5. The van der Waals surface area contributed by atoms with Gasteiger partial charge in [0, 0.05) is 0 Å². The van der Waals surface area contributed by atoms with E-state index in [0.29, 0.717) is 0 Å². The minimum absolute atomic E-state index is 0.953. The Bertz CT molecular complexity index is 214. The number of hydrogen-bond acceptors (Lipinski definition) is 0. The van der Waals surface area contributed by atoms with Crippen LogP contribution in [0.3, 0.4) is 0 Å². The molecular weight excluding hydrogens is 180 g/mol. The van der Waals surface area contributed by atoms with E-state index in [1.54, 1.807) is 0 Å². The monoisotopic (exact) mass is 206 g/mol. The zero-order chi connectivity index (χ0) is 10.8. The summed E-state index contributed by atoms with van der Waals surface area (Å²) in [5.74, 6) is 5.08. The zero-order valence-electron chi connectivity index (χ0n) is 10.4. The highest BCUT2D eigenvalue weighted by molar-refractivity contribution is 4.93. The lowest BCUT2D eigenvalue weighted by molar-refractivity contribution is 0.106. The molecule has 0 radical (unpaired) electrons. The molecule has 0 aromatic rings. The standard InChI is InChI=1S/C15H26/c1-4-6-14-10-15(13-7-8-13)11(3)9-12(14)5-2/h4,11-15H,1,5-10H2,2-3H3/t11-,12?,14?,15?/m1/s1. The van der Waals surface area contributed by atoms with Gasteiger partial charge in [0.15, 0.2) is 0 Å². The third kappa shape index (κ3) is 2.46. The van der Waals surface area contributed by atoms with E-state index in [1.165, 1.54) is 38.5 Å². The van der Waals surface area contributed by atoms with Crippen LogP contribution in [0.5, 0.6) is 0 Å². The number of allylic oxidation sites excluding steroid dienone is 1. The lowest BCUT2D eigenvalue weighted by Gasteiger charge is -2.40. The Morgan fingerprint density at radius 1 is 1.20 bits per heavy atom. The Hall–Kier alpha value is -0.260. The predicted octanol–water partition coefficient (Wildman–Crippen LogP) is 4.66. The van der Waals surface area contributed by atoms with Gasteiger partial charge >= 0.3 is 0 Å². The van der Waals surface area contributed by atoms with Crippen LogP contribution in [0.1, 0.15) is 52.4 Å². The van der Waals surface area contributed by atoms with Crippen molar-refractivity contribution >= 4 is 0 Å². The Morgan fingerprint density at radius 2 is 1.93 bits per heavy atom. The summed E-state index contributed by atoms with van der Waals surface area (Å²) < 4.78 is 0. The van der Waals surface area contributed by atoms with Crippen LogP contribution in [0.25, 0.3) is 0 Å². The number of hydrogen-bond donors (Lipinski definition) is 0. The van der Waals surface area contributed by atoms with Crippen molar-refractivity contribution in [3.63, 3.8) is 0 Å². The minimum Gasteiger partial charge on any atom is -0.103 e. The van der Waals surface area contributed by atoms with Gasteiger partial charge in [-0.05, 0) is 61.7 Å². The fourth-order valence-electron chi connectivity index (χ4n) is 3.80. The molecule has 15 heavy (non-hydrogen) atoms. The van der Waals surface area contributed by atoms with Crippen molar-refractivity contribution in [2.75, 3.05) is 0 Å². The highest BCUT2D eigenvalue weighted by Crippen LogP contribution is 2.50. The third-order valence-corrected chi connectivity index (χ3v) is 4.87. The number of rotatable bonds is 4. The Morgan fingerprint density at radius 3 is 2.47 bits per heavy atom. The average Bonchev–Trinajstić information content (AvgIpc) is 3.04. The van der Waals surface area contributed by atoms with Crippen LogP contribution in [-0.4, -0.2) is 0 Å². The fourth-order valence-corrected chi connectivity index (χ4v) is 3.80. The molecule has 86 valence electrons. The molecule has 2 saturated carbocycles. The molecule has 2 fully saturated rings. The van der Waals surface area contributed by atoms with E-state index in [-0.39, 0.29) is 0 Å². The first-order valence-electron chi connectivity index (χ1n) is 6.87. The van der Waals surface area contributed by atoms with Gasteiger partial charge in [-0.2, -0.15) is 0 Å². The SMILES string of the molecule is C=CCC1CC(C2CC2)[C@H](C)CC1CC. The van der Waals surface area contributed by atoms with E-state index in [0.717, 1.165) is 29.6 Å². The average molecular weight is 206 g/mol. The van der Waals surface area contributed by atoms with Gasteiger partial charge in [-0.25, -0.2) is 0 Å². The molecule has 0 heteroatoms. The van der Waals surface area contributed by atoms with Crippen molar-refractivity contribution in [3.05, 3.63) is 12.7 Å². The van der Waals surface area contributed by atoms with Crippen LogP contribution in [0.15, 0.2) is 12.7 Å². The lowest BCUT2D eigenvalue weighted by atomic mass is 9.65. The molecule has 0 bridgehead atoms. The molecule has 0 amide bonds. The molecule has 0 N–H and O–H groups in total. The van der Waals surface area contributed by atoms with E-state index >= 15 is 0 Å². The molecular formula is C15H26. The maximum Gasteiger partial charge on any atom is -0.0322 e. The summed E-state index contributed by atoms with van der Waals surface area (Å²) in [4.78, 5) is 0. The topological polar surface area (TPSA) is 0 Å². The van der Waals surface area contributed by atoms with Gasteiger partial charge in [0.1, 0.15) is 0 Å². The fraction of sp³-hybridized carbons (Fsp3) is 0.867. The highest BCUT2D eigenvalue weighted by Gasteiger charge is 2.41.